The summed E-state index contributed by atoms with van der Waals surface area (Å²) in [6.07, 6.45) is 9.45. The number of aromatic amines is 1. The zero-order valence-electron chi connectivity index (χ0n) is 18.0. The normalized spacial score (nSPS) is 21.5. The second kappa shape index (κ2) is 7.79. The van der Waals surface area contributed by atoms with Gasteiger partial charge in [-0.3, -0.25) is 0 Å². The number of anilines is 1. The van der Waals surface area contributed by atoms with Crippen molar-refractivity contribution in [1.82, 2.24) is 24.3 Å². The van der Waals surface area contributed by atoms with Crippen LogP contribution in [0.3, 0.4) is 0 Å². The Bertz CT molecular complexity index is 1320. The topological polar surface area (TPSA) is 100 Å². The second-order valence-electron chi connectivity index (χ2n) is 8.88. The first kappa shape index (κ1) is 21.8. The van der Waals surface area contributed by atoms with E-state index in [2.05, 4.69) is 25.3 Å². The summed E-state index contributed by atoms with van der Waals surface area (Å²) in [6, 6.07) is 1.45. The summed E-state index contributed by atoms with van der Waals surface area (Å²) in [7, 11) is 17.1. The molecule has 4 aromatic heterocycles. The van der Waals surface area contributed by atoms with E-state index in [9.17, 15) is 9.50 Å². The van der Waals surface area contributed by atoms with Crippen molar-refractivity contribution in [3.8, 4) is 17.0 Å². The Morgan fingerprint density at radius 2 is 2.06 bits per heavy atom. The minimum Gasteiger partial charge on any atom is -0.500 e. The Kier molecular flexibility index (Phi) is 5.15. The number of H-pyrrole nitrogens is 1. The lowest BCUT2D eigenvalue weighted by Gasteiger charge is -2.33. The third kappa shape index (κ3) is 4.44. The summed E-state index contributed by atoms with van der Waals surface area (Å²) in [4.78, 5) is 16.1. The van der Waals surface area contributed by atoms with Crippen molar-refractivity contribution >= 4 is 46.2 Å². The predicted octanol–water partition coefficient (Wildman–Crippen LogP) is 2.01. The standard InChI is InChI=1S/C21H20B3FN6O2/c1-20(32)4-2-12(3-5-20)28-19-29-16-15(18(30-19)33-21(22,23)24)13(9-27-16)11-8-14(25)17-26-6-7-31(17)10-11/h6-10,12,32H,2-5H2,1H3,(H2,27,28,29,30). The van der Waals surface area contributed by atoms with Crippen molar-refractivity contribution < 1.29 is 14.2 Å². The maximum atomic E-state index is 14.6. The maximum absolute atomic E-state index is 14.6. The van der Waals surface area contributed by atoms with E-state index in [1.54, 1.807) is 23.0 Å². The van der Waals surface area contributed by atoms with Crippen LogP contribution in [0, 0.1) is 5.82 Å². The molecule has 1 aliphatic carbocycles. The van der Waals surface area contributed by atoms with Crippen molar-refractivity contribution in [2.75, 3.05) is 5.32 Å². The van der Waals surface area contributed by atoms with E-state index in [0.29, 0.717) is 41.0 Å². The van der Waals surface area contributed by atoms with Crippen molar-refractivity contribution in [3.05, 3.63) is 36.7 Å². The van der Waals surface area contributed by atoms with E-state index in [-0.39, 0.29) is 17.6 Å². The van der Waals surface area contributed by atoms with E-state index in [1.165, 1.54) is 12.3 Å². The maximum Gasteiger partial charge on any atom is 0.228 e. The summed E-state index contributed by atoms with van der Waals surface area (Å²) in [5.41, 5.74) is 1.13. The minimum atomic E-state index is -1.99. The molecule has 0 spiro atoms. The van der Waals surface area contributed by atoms with Gasteiger partial charge < -0.3 is 24.5 Å². The Labute approximate surface area is 193 Å². The Morgan fingerprint density at radius 1 is 1.30 bits per heavy atom. The van der Waals surface area contributed by atoms with Gasteiger partial charge in [0.2, 0.25) is 11.8 Å². The van der Waals surface area contributed by atoms with E-state index in [0.717, 1.165) is 12.8 Å². The number of halogens is 1. The highest BCUT2D eigenvalue weighted by molar-refractivity contribution is 6.58. The molecule has 0 aromatic carbocycles. The van der Waals surface area contributed by atoms with Crippen molar-refractivity contribution in [3.63, 3.8) is 0 Å². The molecule has 12 heteroatoms. The summed E-state index contributed by atoms with van der Waals surface area (Å²) < 4.78 is 21.7. The van der Waals surface area contributed by atoms with Gasteiger partial charge in [0, 0.05) is 42.0 Å². The molecule has 8 nitrogen and oxygen atoms in total. The second-order valence-corrected chi connectivity index (χ2v) is 8.88. The highest BCUT2D eigenvalue weighted by Crippen LogP contribution is 2.36. The number of ether oxygens (including phenoxy) is 1. The quantitative estimate of drug-likeness (QED) is 0.411. The molecular weight excluding hydrogens is 420 g/mol. The number of nitrogens with zero attached hydrogens (tertiary/aromatic N) is 4. The van der Waals surface area contributed by atoms with Crippen LogP contribution in [0.1, 0.15) is 32.6 Å². The first-order valence-corrected chi connectivity index (χ1v) is 10.6. The van der Waals surface area contributed by atoms with E-state index in [4.69, 9.17) is 28.3 Å². The van der Waals surface area contributed by atoms with E-state index >= 15 is 0 Å². The fourth-order valence-corrected chi connectivity index (χ4v) is 4.24. The van der Waals surface area contributed by atoms with Crippen LogP contribution in [0.25, 0.3) is 27.8 Å². The average Bonchev–Trinajstić information content (AvgIpc) is 3.35. The third-order valence-electron chi connectivity index (χ3n) is 5.92. The lowest BCUT2D eigenvalue weighted by atomic mass is 9.52. The van der Waals surface area contributed by atoms with Gasteiger partial charge in [-0.25, -0.2) is 9.37 Å². The molecule has 1 aliphatic rings. The van der Waals surface area contributed by atoms with Crippen LogP contribution < -0.4 is 10.1 Å². The fourth-order valence-electron chi connectivity index (χ4n) is 4.24. The Morgan fingerprint density at radius 3 is 2.79 bits per heavy atom. The third-order valence-corrected chi connectivity index (χ3v) is 5.92. The first-order chi connectivity index (χ1) is 15.6. The lowest BCUT2D eigenvalue weighted by molar-refractivity contribution is 0.0195. The number of pyridine rings is 1. The van der Waals surface area contributed by atoms with Crippen LogP contribution in [0.15, 0.2) is 30.9 Å². The van der Waals surface area contributed by atoms with Gasteiger partial charge in [0.1, 0.15) is 29.2 Å². The minimum absolute atomic E-state index is 0.0557. The summed E-state index contributed by atoms with van der Waals surface area (Å²) >= 11 is 0. The van der Waals surface area contributed by atoms with Gasteiger partial charge in [-0.2, -0.15) is 9.97 Å². The lowest BCUT2D eigenvalue weighted by Crippen LogP contribution is -2.38. The summed E-state index contributed by atoms with van der Waals surface area (Å²) in [5.74, 6) is -0.120. The van der Waals surface area contributed by atoms with Gasteiger partial charge in [0.25, 0.3) is 0 Å². The molecule has 6 radical (unpaired) electrons. The molecule has 1 saturated carbocycles. The van der Waals surface area contributed by atoms with Crippen molar-refractivity contribution in [1.29, 1.82) is 0 Å². The van der Waals surface area contributed by atoms with Gasteiger partial charge in [-0.1, -0.05) is 0 Å². The molecule has 162 valence electrons. The molecule has 0 amide bonds. The molecule has 3 N–H and O–H groups in total. The number of rotatable bonds is 5. The van der Waals surface area contributed by atoms with Crippen LogP contribution in [-0.2, 0) is 0 Å². The number of hydrogen-bond donors (Lipinski definition) is 3. The highest BCUT2D eigenvalue weighted by Gasteiger charge is 2.29. The van der Waals surface area contributed by atoms with Gasteiger partial charge >= 0.3 is 0 Å². The first-order valence-electron chi connectivity index (χ1n) is 10.6. The Balaban J connectivity index is 1.56. The number of imidazole rings is 1. The van der Waals surface area contributed by atoms with E-state index in [1.807, 2.05) is 6.92 Å². The van der Waals surface area contributed by atoms with Gasteiger partial charge in [-0.05, 0) is 44.0 Å². The molecular formula is C21H20B3FN6O2. The molecule has 4 aromatic rings. The number of fused-ring (bicyclic) bond motifs is 2. The number of nitrogens with one attached hydrogen (secondary N) is 2. The molecule has 0 unspecified atom stereocenters. The Hall–Kier alpha value is -3.01. The zero-order valence-corrected chi connectivity index (χ0v) is 18.0. The number of hydrogen-bond acceptors (Lipinski definition) is 6. The van der Waals surface area contributed by atoms with Crippen LogP contribution in [0.4, 0.5) is 10.3 Å². The molecule has 0 bridgehead atoms. The van der Waals surface area contributed by atoms with Crippen LogP contribution in [-0.4, -0.2) is 69.9 Å². The van der Waals surface area contributed by atoms with Gasteiger partial charge in [-0.15, -0.1) is 0 Å². The van der Waals surface area contributed by atoms with Gasteiger partial charge in [0.05, 0.1) is 11.0 Å². The SMILES string of the molecule is [B]C([B])([B])Oc1nc(NC2CCC(C)(O)CC2)nc2[nH]cc(-c3cc(F)c4nccn4c3)c12. The highest BCUT2D eigenvalue weighted by atomic mass is 19.1. The predicted molar refractivity (Wildman–Crippen MR) is 125 cm³/mol. The van der Waals surface area contributed by atoms with E-state index < -0.39 is 16.7 Å². The molecule has 1 fully saturated rings. The fraction of sp³-hybridized carbons (Fsp3) is 0.381. The summed E-state index contributed by atoms with van der Waals surface area (Å²) in [5, 5.41) is 11.9. The largest absolute Gasteiger partial charge is 0.500 e. The molecule has 0 aliphatic heterocycles. The smallest absolute Gasteiger partial charge is 0.228 e. The molecule has 0 atom stereocenters. The van der Waals surface area contributed by atoms with Crippen LogP contribution in [0.2, 0.25) is 0 Å². The molecule has 0 saturated heterocycles. The molecule has 4 heterocycles. The van der Waals surface area contributed by atoms with Crippen LogP contribution >= 0.6 is 0 Å². The van der Waals surface area contributed by atoms with Crippen LogP contribution in [0.5, 0.6) is 5.88 Å². The van der Waals surface area contributed by atoms with Crippen molar-refractivity contribution in [2.24, 2.45) is 0 Å². The number of aliphatic hydroxyl groups is 1. The molecule has 5 rings (SSSR count). The number of aromatic nitrogens is 5. The average molecular weight is 440 g/mol. The zero-order chi connectivity index (χ0) is 23.4. The van der Waals surface area contributed by atoms with Gasteiger partial charge in [0.15, 0.2) is 11.5 Å². The monoisotopic (exact) mass is 440 g/mol. The van der Waals surface area contributed by atoms with Crippen molar-refractivity contribution in [2.45, 2.75) is 49.5 Å². The summed E-state index contributed by atoms with van der Waals surface area (Å²) in [6.45, 7) is 1.84. The molecule has 33 heavy (non-hydrogen) atoms.